The van der Waals surface area contributed by atoms with Crippen LogP contribution in [-0.2, 0) is 0 Å². The molecule has 0 saturated heterocycles. The van der Waals surface area contributed by atoms with Crippen LogP contribution in [-0.4, -0.2) is 48.9 Å². The number of aromatic nitrogens is 5. The number of hydrogen-bond acceptors (Lipinski definition) is 6. The highest BCUT2D eigenvalue weighted by Gasteiger charge is 2.56. The molecule has 1 amide bonds. The van der Waals surface area contributed by atoms with Crippen molar-refractivity contribution in [3.63, 3.8) is 0 Å². The maximum Gasteiger partial charge on any atom is 0.256 e. The van der Waals surface area contributed by atoms with Gasteiger partial charge in [-0.1, -0.05) is 17.7 Å². The summed E-state index contributed by atoms with van der Waals surface area (Å²) in [5.41, 5.74) is 3.20. The first-order chi connectivity index (χ1) is 20.9. The minimum Gasteiger partial charge on any atom is -0.492 e. The Kier molecular flexibility index (Phi) is 6.11. The zero-order valence-electron chi connectivity index (χ0n) is 23.6. The molecule has 43 heavy (non-hydrogen) atoms. The average molecular weight is 600 g/mol. The second-order valence-electron chi connectivity index (χ2n) is 12.4. The summed E-state index contributed by atoms with van der Waals surface area (Å²) in [5, 5.41) is 19.8. The molecule has 4 aliphatic rings. The van der Waals surface area contributed by atoms with Crippen molar-refractivity contribution >= 4 is 39.9 Å². The number of halogens is 2. The molecule has 2 atom stereocenters. The average Bonchev–Trinajstić information content (AvgIpc) is 3.56. The number of anilines is 1. The van der Waals surface area contributed by atoms with E-state index in [2.05, 4.69) is 32.0 Å². The third kappa shape index (κ3) is 4.42. The standard InChI is InChI=1S/C32H31ClFN7O2/c1-2-43-21-10-22(29-23-15-36-39-30(23)40-41(29)16-21)18-6-7-26(35-14-18)37-28-19-8-17-9-20(28)13-32(11-17,12-19)38-31(42)27-24(33)4-3-5-25(27)34/h3-7,10,14-17,19-20,28H,2,8-9,11-13H2,1H3,(H,35,37)(H,38,42)(H,39,40). The maximum atomic E-state index is 14.5. The second kappa shape index (κ2) is 9.94. The fourth-order valence-corrected chi connectivity index (χ4v) is 8.50. The molecule has 0 aliphatic heterocycles. The van der Waals surface area contributed by atoms with Crippen LogP contribution >= 0.6 is 11.6 Å². The van der Waals surface area contributed by atoms with Gasteiger partial charge in [-0.2, -0.15) is 5.10 Å². The number of carbonyl (C=O) groups excluding carboxylic acids is 1. The predicted molar refractivity (Wildman–Crippen MR) is 162 cm³/mol. The van der Waals surface area contributed by atoms with Gasteiger partial charge >= 0.3 is 0 Å². The van der Waals surface area contributed by atoms with Crippen molar-refractivity contribution in [3.05, 3.63) is 71.4 Å². The van der Waals surface area contributed by atoms with Crippen LogP contribution in [0.3, 0.4) is 0 Å². The highest BCUT2D eigenvalue weighted by molar-refractivity contribution is 6.33. The van der Waals surface area contributed by atoms with E-state index < -0.39 is 11.7 Å². The fourth-order valence-electron chi connectivity index (χ4n) is 8.25. The third-order valence-electron chi connectivity index (χ3n) is 9.64. The van der Waals surface area contributed by atoms with Crippen LogP contribution in [0.15, 0.2) is 55.0 Å². The number of fused-ring (bicyclic) bond motifs is 3. The number of pyridine rings is 2. The molecular weight excluding hydrogens is 569 g/mol. The van der Waals surface area contributed by atoms with E-state index in [1.807, 2.05) is 36.0 Å². The van der Waals surface area contributed by atoms with Crippen molar-refractivity contribution in [3.8, 4) is 16.9 Å². The molecule has 1 aromatic carbocycles. The summed E-state index contributed by atoms with van der Waals surface area (Å²) in [6.45, 7) is 2.51. The summed E-state index contributed by atoms with van der Waals surface area (Å²) in [5.74, 6) is 1.91. The van der Waals surface area contributed by atoms with E-state index in [4.69, 9.17) is 21.3 Å². The van der Waals surface area contributed by atoms with E-state index in [1.165, 1.54) is 12.1 Å². The van der Waals surface area contributed by atoms with Gasteiger partial charge in [-0.25, -0.2) is 13.9 Å². The molecule has 220 valence electrons. The van der Waals surface area contributed by atoms with Gasteiger partial charge in [0.05, 0.1) is 40.5 Å². The Hall–Kier alpha value is -4.18. The van der Waals surface area contributed by atoms with Crippen molar-refractivity contribution < 1.29 is 13.9 Å². The van der Waals surface area contributed by atoms with Crippen molar-refractivity contribution in [2.24, 2.45) is 17.8 Å². The maximum absolute atomic E-state index is 14.5. The summed E-state index contributed by atoms with van der Waals surface area (Å²) in [6.07, 6.45) is 10.5. The molecule has 2 unspecified atom stereocenters. The molecule has 9 rings (SSSR count). The molecule has 4 fully saturated rings. The number of benzene rings is 1. The van der Waals surface area contributed by atoms with E-state index in [0.29, 0.717) is 30.0 Å². The lowest BCUT2D eigenvalue weighted by Gasteiger charge is -2.60. The second-order valence-corrected chi connectivity index (χ2v) is 12.8. The fraction of sp³-hybridized carbons (Fsp3) is 0.375. The number of rotatable bonds is 7. The van der Waals surface area contributed by atoms with E-state index in [-0.39, 0.29) is 22.2 Å². The van der Waals surface area contributed by atoms with Crippen LogP contribution in [0.2, 0.25) is 5.02 Å². The number of nitrogens with one attached hydrogen (secondary N) is 3. The SMILES string of the molecule is CCOc1cc(-c2ccc(NC3C4CC5CC3CC(NC(=O)c3c(F)cccc3Cl)(C5)C4)nc2)c2c3cn[nH]c3nn2c1. The molecule has 4 aromatic heterocycles. The molecule has 4 aliphatic carbocycles. The van der Waals surface area contributed by atoms with Crippen LogP contribution < -0.4 is 15.4 Å². The van der Waals surface area contributed by atoms with Crippen LogP contribution in [0.1, 0.15) is 49.4 Å². The number of nitrogens with zero attached hydrogens (tertiary/aromatic N) is 4. The first kappa shape index (κ1) is 26.4. The van der Waals surface area contributed by atoms with Crippen molar-refractivity contribution in [2.45, 2.75) is 50.6 Å². The van der Waals surface area contributed by atoms with Gasteiger partial charge in [0.15, 0.2) is 5.65 Å². The van der Waals surface area contributed by atoms with E-state index >= 15 is 0 Å². The Balaban J connectivity index is 1.03. The number of aromatic amines is 1. The molecule has 11 heteroatoms. The van der Waals surface area contributed by atoms with Gasteiger partial charge in [-0.15, -0.1) is 5.10 Å². The Morgan fingerprint density at radius 3 is 2.77 bits per heavy atom. The van der Waals surface area contributed by atoms with E-state index in [0.717, 1.165) is 65.7 Å². The summed E-state index contributed by atoms with van der Waals surface area (Å²) < 4.78 is 22.2. The topological polar surface area (TPSA) is 109 Å². The summed E-state index contributed by atoms with van der Waals surface area (Å²) in [6, 6.07) is 10.8. The van der Waals surface area contributed by atoms with Crippen LogP contribution in [0.5, 0.6) is 5.75 Å². The number of hydrogen-bond donors (Lipinski definition) is 3. The number of carbonyl (C=O) groups is 1. The monoisotopic (exact) mass is 599 g/mol. The lowest BCUT2D eigenvalue weighted by atomic mass is 9.51. The highest BCUT2D eigenvalue weighted by atomic mass is 35.5. The summed E-state index contributed by atoms with van der Waals surface area (Å²) >= 11 is 6.21. The summed E-state index contributed by atoms with van der Waals surface area (Å²) in [4.78, 5) is 18.0. The molecule has 3 N–H and O–H groups in total. The van der Waals surface area contributed by atoms with Gasteiger partial charge < -0.3 is 15.4 Å². The number of H-pyrrole nitrogens is 1. The van der Waals surface area contributed by atoms with Gasteiger partial charge in [-0.3, -0.25) is 9.89 Å². The normalized spacial score (nSPS) is 25.8. The molecule has 4 bridgehead atoms. The minimum absolute atomic E-state index is 0.0626. The summed E-state index contributed by atoms with van der Waals surface area (Å²) in [7, 11) is 0. The first-order valence-electron chi connectivity index (χ1n) is 14.9. The van der Waals surface area contributed by atoms with Gasteiger partial charge in [0.2, 0.25) is 0 Å². The Morgan fingerprint density at radius 1 is 1.19 bits per heavy atom. The van der Waals surface area contributed by atoms with Crippen LogP contribution in [0.4, 0.5) is 10.2 Å². The molecule has 9 nitrogen and oxygen atoms in total. The number of ether oxygens (including phenoxy) is 1. The Bertz CT molecular complexity index is 1830. The van der Waals surface area contributed by atoms with Crippen molar-refractivity contribution in [1.82, 2.24) is 30.1 Å². The zero-order chi connectivity index (χ0) is 29.3. The molecule has 4 saturated carbocycles. The molecule has 4 heterocycles. The molecular formula is C32H31ClFN7O2. The van der Waals surface area contributed by atoms with Gasteiger partial charge in [0.1, 0.15) is 17.4 Å². The predicted octanol–water partition coefficient (Wildman–Crippen LogP) is 6.25. The highest BCUT2D eigenvalue weighted by Crippen LogP contribution is 2.56. The van der Waals surface area contributed by atoms with Gasteiger partial charge in [0, 0.05) is 28.9 Å². The van der Waals surface area contributed by atoms with E-state index in [1.54, 1.807) is 12.3 Å². The van der Waals surface area contributed by atoms with Crippen LogP contribution in [0.25, 0.3) is 27.7 Å². The largest absolute Gasteiger partial charge is 0.492 e. The van der Waals surface area contributed by atoms with E-state index in [9.17, 15) is 9.18 Å². The zero-order valence-corrected chi connectivity index (χ0v) is 24.4. The number of amides is 1. The van der Waals surface area contributed by atoms with Crippen LogP contribution in [0, 0.1) is 23.6 Å². The van der Waals surface area contributed by atoms with Crippen molar-refractivity contribution in [1.29, 1.82) is 0 Å². The lowest BCUT2D eigenvalue weighted by Crippen LogP contribution is -2.65. The quantitative estimate of drug-likeness (QED) is 0.204. The van der Waals surface area contributed by atoms with Gasteiger partial charge in [-0.05, 0) is 87.1 Å². The molecule has 0 radical (unpaired) electrons. The minimum atomic E-state index is -0.587. The molecule has 5 aromatic rings. The third-order valence-corrected chi connectivity index (χ3v) is 9.96. The van der Waals surface area contributed by atoms with Crippen molar-refractivity contribution in [2.75, 3.05) is 11.9 Å². The Labute approximate surface area is 252 Å². The first-order valence-corrected chi connectivity index (χ1v) is 15.3. The lowest BCUT2D eigenvalue weighted by molar-refractivity contribution is -0.0264. The smallest absolute Gasteiger partial charge is 0.256 e. The Morgan fingerprint density at radius 2 is 2.02 bits per heavy atom. The van der Waals surface area contributed by atoms with Gasteiger partial charge in [0.25, 0.3) is 5.91 Å². The molecule has 0 spiro atoms.